The number of carbonyl (C=O) groups excluding carboxylic acids is 2. The van der Waals surface area contributed by atoms with Crippen LogP contribution in [0.5, 0.6) is 0 Å². The molecule has 0 aliphatic carbocycles. The van der Waals surface area contributed by atoms with E-state index in [9.17, 15) is 9.59 Å². The Morgan fingerprint density at radius 2 is 1.67 bits per heavy atom. The lowest BCUT2D eigenvalue weighted by atomic mass is 10.0. The molecule has 0 bridgehead atoms. The largest absolute Gasteiger partial charge is 0.339 e. The number of nitrogens with one attached hydrogen (secondary N) is 1. The summed E-state index contributed by atoms with van der Waals surface area (Å²) in [6, 6.07) is 16.6. The molecular formula is C27H38N4O2. The number of nitrogens with zero attached hydrogens (tertiary/aromatic N) is 3. The topological polar surface area (TPSA) is 55.9 Å². The third-order valence-electron chi connectivity index (χ3n) is 6.27. The molecule has 178 valence electrons. The number of carbonyl (C=O) groups is 2. The summed E-state index contributed by atoms with van der Waals surface area (Å²) in [5, 5.41) is 3.03. The van der Waals surface area contributed by atoms with Crippen molar-refractivity contribution in [2.75, 3.05) is 51.6 Å². The molecule has 2 amide bonds. The van der Waals surface area contributed by atoms with Gasteiger partial charge in [0.25, 0.3) is 0 Å². The first-order chi connectivity index (χ1) is 15.9. The lowest BCUT2D eigenvalue weighted by Gasteiger charge is -2.35. The zero-order valence-electron chi connectivity index (χ0n) is 20.5. The highest BCUT2D eigenvalue weighted by Gasteiger charge is 2.23. The van der Waals surface area contributed by atoms with Crippen molar-refractivity contribution in [2.45, 2.75) is 39.7 Å². The first-order valence-electron chi connectivity index (χ1n) is 12.0. The van der Waals surface area contributed by atoms with Gasteiger partial charge in [0.15, 0.2) is 0 Å². The van der Waals surface area contributed by atoms with E-state index in [2.05, 4.69) is 60.2 Å². The zero-order chi connectivity index (χ0) is 23.8. The van der Waals surface area contributed by atoms with Crippen molar-refractivity contribution in [1.29, 1.82) is 0 Å². The van der Waals surface area contributed by atoms with Crippen LogP contribution in [0.4, 0.5) is 5.69 Å². The Labute approximate surface area is 198 Å². The van der Waals surface area contributed by atoms with Crippen LogP contribution in [-0.2, 0) is 22.6 Å². The van der Waals surface area contributed by atoms with Gasteiger partial charge in [0.1, 0.15) is 0 Å². The van der Waals surface area contributed by atoms with Gasteiger partial charge in [-0.05, 0) is 42.1 Å². The quantitative estimate of drug-likeness (QED) is 0.634. The third-order valence-corrected chi connectivity index (χ3v) is 6.27. The molecule has 6 heteroatoms. The highest BCUT2D eigenvalue weighted by Crippen LogP contribution is 2.16. The SMILES string of the molecule is CCc1ccccc1NC(=O)CN1CCN(C(=O)CN(C)Cc2ccc(C(C)C)cc2)CC1. The fourth-order valence-electron chi connectivity index (χ4n) is 4.21. The second-order valence-electron chi connectivity index (χ2n) is 9.28. The summed E-state index contributed by atoms with van der Waals surface area (Å²) in [4.78, 5) is 31.4. The minimum absolute atomic E-state index is 0.00102. The van der Waals surface area contributed by atoms with Gasteiger partial charge in [0.2, 0.25) is 11.8 Å². The van der Waals surface area contributed by atoms with Crippen molar-refractivity contribution in [3.63, 3.8) is 0 Å². The van der Waals surface area contributed by atoms with Crippen LogP contribution in [-0.4, -0.2) is 72.8 Å². The van der Waals surface area contributed by atoms with Crippen LogP contribution in [0.2, 0.25) is 0 Å². The number of anilines is 1. The first kappa shape index (κ1) is 24.9. The minimum atomic E-state index is -0.00102. The molecule has 0 spiro atoms. The Morgan fingerprint density at radius 3 is 2.30 bits per heavy atom. The maximum absolute atomic E-state index is 12.8. The van der Waals surface area contributed by atoms with Crippen molar-refractivity contribution in [3.05, 3.63) is 65.2 Å². The van der Waals surface area contributed by atoms with Crippen LogP contribution in [0, 0.1) is 0 Å². The number of piperazine rings is 1. The van der Waals surface area contributed by atoms with E-state index in [0.717, 1.165) is 37.3 Å². The molecular weight excluding hydrogens is 412 g/mol. The zero-order valence-corrected chi connectivity index (χ0v) is 20.5. The lowest BCUT2D eigenvalue weighted by Crippen LogP contribution is -2.52. The van der Waals surface area contributed by atoms with Crippen LogP contribution in [0.1, 0.15) is 43.4 Å². The summed E-state index contributed by atoms with van der Waals surface area (Å²) in [6.07, 6.45) is 0.884. The van der Waals surface area contributed by atoms with Crippen molar-refractivity contribution >= 4 is 17.5 Å². The Kier molecular flexibility index (Phi) is 9.03. The monoisotopic (exact) mass is 450 g/mol. The summed E-state index contributed by atoms with van der Waals surface area (Å²) >= 11 is 0. The molecule has 6 nitrogen and oxygen atoms in total. The molecule has 0 unspecified atom stereocenters. The average molecular weight is 451 g/mol. The van der Waals surface area contributed by atoms with Crippen molar-refractivity contribution in [2.24, 2.45) is 0 Å². The Bertz CT molecular complexity index is 918. The summed E-state index contributed by atoms with van der Waals surface area (Å²) < 4.78 is 0. The standard InChI is InChI=1S/C27H38N4O2/c1-5-23-8-6-7-9-25(23)28-26(32)19-30-14-16-31(17-15-30)27(33)20-29(4)18-22-10-12-24(13-11-22)21(2)3/h6-13,21H,5,14-20H2,1-4H3,(H,28,32). The van der Waals surface area contributed by atoms with Crippen molar-refractivity contribution in [3.8, 4) is 0 Å². The fraction of sp³-hybridized carbons (Fsp3) is 0.481. The van der Waals surface area contributed by atoms with E-state index in [1.165, 1.54) is 11.1 Å². The van der Waals surface area contributed by atoms with Crippen molar-refractivity contribution < 1.29 is 9.59 Å². The number of hydrogen-bond acceptors (Lipinski definition) is 4. The van der Waals surface area contributed by atoms with Crippen molar-refractivity contribution in [1.82, 2.24) is 14.7 Å². The predicted octanol–water partition coefficient (Wildman–Crippen LogP) is 3.59. The van der Waals surface area contributed by atoms with E-state index in [1.54, 1.807) is 0 Å². The third kappa shape index (κ3) is 7.41. The van der Waals surface area contributed by atoms with Gasteiger partial charge >= 0.3 is 0 Å². The van der Waals surface area contributed by atoms with Gasteiger partial charge in [-0.2, -0.15) is 0 Å². The number of benzene rings is 2. The molecule has 0 atom stereocenters. The summed E-state index contributed by atoms with van der Waals surface area (Å²) in [5.41, 5.74) is 4.58. The van der Waals surface area contributed by atoms with E-state index in [0.29, 0.717) is 32.1 Å². The van der Waals surface area contributed by atoms with Gasteiger partial charge in [-0.1, -0.05) is 63.2 Å². The van der Waals surface area contributed by atoms with Gasteiger partial charge in [-0.15, -0.1) is 0 Å². The molecule has 0 aromatic heterocycles. The molecule has 2 aromatic carbocycles. The lowest BCUT2D eigenvalue weighted by molar-refractivity contribution is -0.134. The van der Waals surface area contributed by atoms with Crippen LogP contribution in [0.3, 0.4) is 0 Å². The maximum Gasteiger partial charge on any atom is 0.238 e. The van der Waals surface area contributed by atoms with E-state index >= 15 is 0 Å². The molecule has 0 radical (unpaired) electrons. The fourth-order valence-corrected chi connectivity index (χ4v) is 4.21. The second kappa shape index (κ2) is 12.0. The van der Waals surface area contributed by atoms with E-state index < -0.39 is 0 Å². The average Bonchev–Trinajstić information content (AvgIpc) is 2.80. The van der Waals surface area contributed by atoms with E-state index in [4.69, 9.17) is 0 Å². The normalized spacial score (nSPS) is 14.7. The molecule has 1 heterocycles. The van der Waals surface area contributed by atoms with Crippen LogP contribution < -0.4 is 5.32 Å². The molecule has 1 fully saturated rings. The van der Waals surface area contributed by atoms with Gasteiger partial charge in [0.05, 0.1) is 13.1 Å². The minimum Gasteiger partial charge on any atom is -0.339 e. The van der Waals surface area contributed by atoms with E-state index in [1.807, 2.05) is 36.2 Å². The molecule has 1 N–H and O–H groups in total. The Hall–Kier alpha value is -2.70. The summed E-state index contributed by atoms with van der Waals surface area (Å²) in [6.45, 7) is 10.7. The van der Waals surface area contributed by atoms with Gasteiger partial charge in [0, 0.05) is 38.4 Å². The molecule has 3 rings (SSSR count). The highest BCUT2D eigenvalue weighted by atomic mass is 16.2. The van der Waals surface area contributed by atoms with Crippen LogP contribution in [0.25, 0.3) is 0 Å². The Balaban J connectivity index is 1.40. The number of amides is 2. The molecule has 2 aromatic rings. The maximum atomic E-state index is 12.8. The Morgan fingerprint density at radius 1 is 1.00 bits per heavy atom. The number of likely N-dealkylation sites (N-methyl/N-ethyl adjacent to an activating group) is 1. The van der Waals surface area contributed by atoms with E-state index in [-0.39, 0.29) is 11.8 Å². The summed E-state index contributed by atoms with van der Waals surface area (Å²) in [5.74, 6) is 0.673. The molecule has 0 saturated carbocycles. The first-order valence-corrected chi connectivity index (χ1v) is 12.0. The molecule has 33 heavy (non-hydrogen) atoms. The molecule has 1 aliphatic rings. The van der Waals surface area contributed by atoms with Gasteiger partial charge in [-0.25, -0.2) is 0 Å². The predicted molar refractivity (Wildman–Crippen MR) is 134 cm³/mol. The highest BCUT2D eigenvalue weighted by molar-refractivity contribution is 5.93. The second-order valence-corrected chi connectivity index (χ2v) is 9.28. The summed E-state index contributed by atoms with van der Waals surface area (Å²) in [7, 11) is 1.99. The number of aryl methyl sites for hydroxylation is 1. The number of para-hydroxylation sites is 1. The van der Waals surface area contributed by atoms with Gasteiger partial charge in [-0.3, -0.25) is 19.4 Å². The molecule has 1 saturated heterocycles. The molecule has 1 aliphatic heterocycles. The number of rotatable bonds is 9. The smallest absolute Gasteiger partial charge is 0.238 e. The van der Waals surface area contributed by atoms with Gasteiger partial charge < -0.3 is 10.2 Å². The van der Waals surface area contributed by atoms with Crippen LogP contribution in [0.15, 0.2) is 48.5 Å². The number of hydrogen-bond donors (Lipinski definition) is 1. The van der Waals surface area contributed by atoms with Crippen LogP contribution >= 0.6 is 0 Å².